The third kappa shape index (κ3) is 11.3. The molecule has 0 aromatic rings. The van der Waals surface area contributed by atoms with Crippen LogP contribution in [0.4, 0.5) is 0 Å². The van der Waals surface area contributed by atoms with Crippen LogP contribution >= 0.6 is 0 Å². The lowest BCUT2D eigenvalue weighted by Crippen LogP contribution is -2.15. The predicted molar refractivity (Wildman–Crippen MR) is 57.9 cm³/mol. The summed E-state index contributed by atoms with van der Waals surface area (Å²) < 4.78 is 10.7. The van der Waals surface area contributed by atoms with Gasteiger partial charge in [-0.15, -0.1) is 0 Å². The van der Waals surface area contributed by atoms with Crippen molar-refractivity contribution in [3.8, 4) is 0 Å². The van der Waals surface area contributed by atoms with E-state index in [1.165, 1.54) is 0 Å². The Hall–Kier alpha value is -0.610. The van der Waals surface area contributed by atoms with Crippen LogP contribution in [0.5, 0.6) is 0 Å². The second-order valence-electron chi connectivity index (χ2n) is 4.08. The van der Waals surface area contributed by atoms with Gasteiger partial charge in [0.2, 0.25) is 0 Å². The number of hydrogen-bond acceptors (Lipinski definition) is 3. The van der Waals surface area contributed by atoms with Crippen LogP contribution in [0.15, 0.2) is 0 Å². The molecule has 1 unspecified atom stereocenters. The van der Waals surface area contributed by atoms with Gasteiger partial charge in [-0.1, -0.05) is 13.8 Å². The molecule has 0 fully saturated rings. The van der Waals surface area contributed by atoms with E-state index in [-0.39, 0.29) is 12.5 Å². The predicted octanol–water partition coefficient (Wildman–Crippen LogP) is 1.93. The van der Waals surface area contributed by atoms with E-state index in [1.807, 2.05) is 6.92 Å². The first-order valence-corrected chi connectivity index (χ1v) is 5.43. The monoisotopic (exact) mass is 218 g/mol. The Morgan fingerprint density at radius 2 is 1.93 bits per heavy atom. The van der Waals surface area contributed by atoms with Crippen molar-refractivity contribution in [3.63, 3.8) is 0 Å². The molecule has 1 atom stereocenters. The van der Waals surface area contributed by atoms with Gasteiger partial charge in [-0.05, 0) is 19.3 Å². The molecule has 4 heteroatoms. The highest BCUT2D eigenvalue weighted by Crippen LogP contribution is 2.01. The molecule has 4 nitrogen and oxygen atoms in total. The van der Waals surface area contributed by atoms with E-state index in [2.05, 4.69) is 13.8 Å². The quantitative estimate of drug-likeness (QED) is 0.601. The summed E-state index contributed by atoms with van der Waals surface area (Å²) in [5.74, 6) is -0.240. The Kier molecular flexibility index (Phi) is 8.33. The molecule has 0 rings (SSSR count). The fourth-order valence-corrected chi connectivity index (χ4v) is 1.04. The molecule has 90 valence electrons. The first-order chi connectivity index (χ1) is 7.02. The van der Waals surface area contributed by atoms with Crippen LogP contribution in [-0.4, -0.2) is 37.0 Å². The number of carboxylic acid groups (broad SMARTS) is 1. The maximum atomic E-state index is 10.3. The summed E-state index contributed by atoms with van der Waals surface area (Å²) >= 11 is 0. The number of aliphatic carboxylic acids is 1. The zero-order valence-corrected chi connectivity index (χ0v) is 9.86. The fraction of sp³-hybridized carbons (Fsp3) is 0.909. The molecule has 0 aliphatic rings. The van der Waals surface area contributed by atoms with Crippen LogP contribution in [0.25, 0.3) is 0 Å². The van der Waals surface area contributed by atoms with Gasteiger partial charge in [-0.2, -0.15) is 0 Å². The Bertz CT molecular complexity index is 168. The standard InChI is InChI=1S/C11H22O4/c1-9(2)8-14-6-7-15-10(3)4-5-11(12)13/h9-10H,4-8H2,1-3H3,(H,12,13). The molecule has 15 heavy (non-hydrogen) atoms. The first-order valence-electron chi connectivity index (χ1n) is 5.43. The van der Waals surface area contributed by atoms with E-state index in [0.29, 0.717) is 25.6 Å². The van der Waals surface area contributed by atoms with Crippen molar-refractivity contribution in [2.45, 2.75) is 39.7 Å². The highest BCUT2D eigenvalue weighted by Gasteiger charge is 2.05. The normalized spacial score (nSPS) is 13.1. The highest BCUT2D eigenvalue weighted by molar-refractivity contribution is 5.66. The first kappa shape index (κ1) is 14.4. The molecule has 0 saturated carbocycles. The molecule has 0 amide bonds. The zero-order valence-electron chi connectivity index (χ0n) is 9.86. The van der Waals surface area contributed by atoms with Crippen molar-refractivity contribution in [3.05, 3.63) is 0 Å². The molecule has 0 spiro atoms. The van der Waals surface area contributed by atoms with Crippen LogP contribution < -0.4 is 0 Å². The molecule has 0 aromatic carbocycles. The molecular formula is C11H22O4. The second-order valence-corrected chi connectivity index (χ2v) is 4.08. The molecule has 0 aliphatic carbocycles. The van der Waals surface area contributed by atoms with Crippen LogP contribution in [0.3, 0.4) is 0 Å². The van der Waals surface area contributed by atoms with Gasteiger partial charge in [-0.3, -0.25) is 4.79 Å². The van der Waals surface area contributed by atoms with Crippen LogP contribution in [0.1, 0.15) is 33.6 Å². The molecule has 1 N–H and O–H groups in total. The van der Waals surface area contributed by atoms with Crippen molar-refractivity contribution >= 4 is 5.97 Å². The minimum atomic E-state index is -0.776. The van der Waals surface area contributed by atoms with Crippen LogP contribution in [0, 0.1) is 5.92 Å². The molecule has 0 radical (unpaired) electrons. The van der Waals surface area contributed by atoms with Gasteiger partial charge in [0.25, 0.3) is 0 Å². The van der Waals surface area contributed by atoms with Gasteiger partial charge in [0.15, 0.2) is 0 Å². The van der Waals surface area contributed by atoms with E-state index < -0.39 is 5.97 Å². The molecular weight excluding hydrogens is 196 g/mol. The van der Waals surface area contributed by atoms with Gasteiger partial charge in [0.05, 0.1) is 19.3 Å². The Morgan fingerprint density at radius 1 is 1.27 bits per heavy atom. The summed E-state index contributed by atoms with van der Waals surface area (Å²) in [4.78, 5) is 10.3. The van der Waals surface area contributed by atoms with Gasteiger partial charge in [0, 0.05) is 13.0 Å². The Balaban J connectivity index is 3.23. The largest absolute Gasteiger partial charge is 0.481 e. The number of carboxylic acids is 1. The number of ether oxygens (including phenoxy) is 2. The van der Waals surface area contributed by atoms with E-state index in [9.17, 15) is 4.79 Å². The minimum absolute atomic E-state index is 0.0104. The van der Waals surface area contributed by atoms with Crippen molar-refractivity contribution < 1.29 is 19.4 Å². The molecule has 0 heterocycles. The number of rotatable bonds is 9. The smallest absolute Gasteiger partial charge is 0.303 e. The second kappa shape index (κ2) is 8.68. The van der Waals surface area contributed by atoms with Crippen LogP contribution in [0.2, 0.25) is 0 Å². The molecule has 0 aromatic heterocycles. The lowest BCUT2D eigenvalue weighted by atomic mass is 10.2. The molecule has 0 bridgehead atoms. The van der Waals surface area contributed by atoms with Crippen molar-refractivity contribution in [2.75, 3.05) is 19.8 Å². The third-order valence-corrected chi connectivity index (χ3v) is 1.85. The van der Waals surface area contributed by atoms with Gasteiger partial charge >= 0.3 is 5.97 Å². The summed E-state index contributed by atoms with van der Waals surface area (Å²) in [6.07, 6.45) is 0.705. The number of carbonyl (C=O) groups is 1. The minimum Gasteiger partial charge on any atom is -0.481 e. The highest BCUT2D eigenvalue weighted by atomic mass is 16.5. The lowest BCUT2D eigenvalue weighted by Gasteiger charge is -2.12. The summed E-state index contributed by atoms with van der Waals surface area (Å²) in [5.41, 5.74) is 0. The summed E-state index contributed by atoms with van der Waals surface area (Å²) in [6.45, 7) is 7.92. The van der Waals surface area contributed by atoms with E-state index in [4.69, 9.17) is 14.6 Å². The SMILES string of the molecule is CC(C)COCCOC(C)CCC(=O)O. The zero-order chi connectivity index (χ0) is 11.7. The lowest BCUT2D eigenvalue weighted by molar-refractivity contribution is -0.137. The van der Waals surface area contributed by atoms with Crippen molar-refractivity contribution in [2.24, 2.45) is 5.92 Å². The summed E-state index contributed by atoms with van der Waals surface area (Å²) in [5, 5.41) is 8.45. The topological polar surface area (TPSA) is 55.8 Å². The summed E-state index contributed by atoms with van der Waals surface area (Å²) in [6, 6.07) is 0. The Labute approximate surface area is 91.6 Å². The van der Waals surface area contributed by atoms with Crippen molar-refractivity contribution in [1.82, 2.24) is 0 Å². The Morgan fingerprint density at radius 3 is 2.47 bits per heavy atom. The van der Waals surface area contributed by atoms with E-state index in [0.717, 1.165) is 6.61 Å². The third-order valence-electron chi connectivity index (χ3n) is 1.85. The molecule has 0 aliphatic heterocycles. The van der Waals surface area contributed by atoms with Gasteiger partial charge in [-0.25, -0.2) is 0 Å². The van der Waals surface area contributed by atoms with Gasteiger partial charge in [0.1, 0.15) is 0 Å². The van der Waals surface area contributed by atoms with Crippen molar-refractivity contribution in [1.29, 1.82) is 0 Å². The fourth-order valence-electron chi connectivity index (χ4n) is 1.04. The average molecular weight is 218 g/mol. The maximum absolute atomic E-state index is 10.3. The van der Waals surface area contributed by atoms with Gasteiger partial charge < -0.3 is 14.6 Å². The van der Waals surface area contributed by atoms with E-state index >= 15 is 0 Å². The number of hydrogen-bond donors (Lipinski definition) is 1. The van der Waals surface area contributed by atoms with Crippen LogP contribution in [-0.2, 0) is 14.3 Å². The average Bonchev–Trinajstić information content (AvgIpc) is 2.13. The summed E-state index contributed by atoms with van der Waals surface area (Å²) in [7, 11) is 0. The van der Waals surface area contributed by atoms with E-state index in [1.54, 1.807) is 0 Å². The molecule has 0 saturated heterocycles. The maximum Gasteiger partial charge on any atom is 0.303 e.